The van der Waals surface area contributed by atoms with Gasteiger partial charge in [0, 0.05) is 7.11 Å². The van der Waals surface area contributed by atoms with Crippen LogP contribution < -0.4 is 4.74 Å². The quantitative estimate of drug-likeness (QED) is 0.591. The van der Waals surface area contributed by atoms with Crippen LogP contribution in [0.25, 0.3) is 0 Å². The first-order valence-corrected chi connectivity index (χ1v) is 4.28. The fourth-order valence-corrected chi connectivity index (χ4v) is 1.19. The van der Waals surface area contributed by atoms with Crippen LogP contribution in [-0.2, 0) is 4.74 Å². The number of aryl methyl sites for hydroxylation is 1. The van der Waals surface area contributed by atoms with Crippen molar-refractivity contribution in [2.45, 2.75) is 6.92 Å². The summed E-state index contributed by atoms with van der Waals surface area (Å²) in [6, 6.07) is 3.68. The van der Waals surface area contributed by atoms with Crippen LogP contribution in [0.5, 0.6) is 5.75 Å². The van der Waals surface area contributed by atoms with Crippen LogP contribution in [0.3, 0.4) is 0 Å². The lowest BCUT2D eigenvalue weighted by atomic mass is 10.3. The van der Waals surface area contributed by atoms with Crippen LogP contribution in [0.4, 0.5) is 0 Å². The smallest absolute Gasteiger partial charge is 0.188 e. The van der Waals surface area contributed by atoms with E-state index in [0.29, 0.717) is 0 Å². The molecular weight excluding hydrogens is 222 g/mol. The molecule has 0 saturated carbocycles. The van der Waals surface area contributed by atoms with Gasteiger partial charge in [-0.3, -0.25) is 0 Å². The van der Waals surface area contributed by atoms with Crippen LogP contribution in [0.2, 0.25) is 0 Å². The van der Waals surface area contributed by atoms with Gasteiger partial charge < -0.3 is 9.47 Å². The normalized spacial score (nSPS) is 9.92. The van der Waals surface area contributed by atoms with E-state index < -0.39 is 0 Å². The van der Waals surface area contributed by atoms with Gasteiger partial charge >= 0.3 is 0 Å². The zero-order chi connectivity index (χ0) is 8.97. The SMILES string of the molecule is COCOc1ccc(Br)nc1C. The first-order chi connectivity index (χ1) is 5.74. The van der Waals surface area contributed by atoms with Crippen LogP contribution in [-0.4, -0.2) is 18.9 Å². The van der Waals surface area contributed by atoms with Crippen molar-refractivity contribution in [3.63, 3.8) is 0 Å². The van der Waals surface area contributed by atoms with Crippen molar-refractivity contribution in [2.24, 2.45) is 0 Å². The highest BCUT2D eigenvalue weighted by atomic mass is 79.9. The van der Waals surface area contributed by atoms with E-state index in [1.807, 2.05) is 19.1 Å². The highest BCUT2D eigenvalue weighted by Crippen LogP contribution is 2.18. The summed E-state index contributed by atoms with van der Waals surface area (Å²) in [5, 5.41) is 0. The summed E-state index contributed by atoms with van der Waals surface area (Å²) < 4.78 is 10.8. The van der Waals surface area contributed by atoms with Gasteiger partial charge in [-0.25, -0.2) is 4.98 Å². The zero-order valence-corrected chi connectivity index (χ0v) is 8.59. The fraction of sp³-hybridized carbons (Fsp3) is 0.375. The molecule has 3 nitrogen and oxygen atoms in total. The maximum atomic E-state index is 5.24. The van der Waals surface area contributed by atoms with Crippen molar-refractivity contribution in [3.8, 4) is 5.75 Å². The van der Waals surface area contributed by atoms with Gasteiger partial charge in [0.25, 0.3) is 0 Å². The maximum absolute atomic E-state index is 5.24. The van der Waals surface area contributed by atoms with E-state index in [1.54, 1.807) is 7.11 Å². The Hall–Kier alpha value is -0.610. The summed E-state index contributed by atoms with van der Waals surface area (Å²) in [6.45, 7) is 2.14. The fourth-order valence-electron chi connectivity index (χ4n) is 0.793. The number of nitrogens with zero attached hydrogens (tertiary/aromatic N) is 1. The Bertz CT molecular complexity index is 265. The van der Waals surface area contributed by atoms with Crippen molar-refractivity contribution >= 4 is 15.9 Å². The molecule has 0 bridgehead atoms. The average Bonchev–Trinajstić information content (AvgIpc) is 2.03. The maximum Gasteiger partial charge on any atom is 0.188 e. The molecular formula is C8H10BrNO2. The third-order valence-electron chi connectivity index (χ3n) is 1.34. The lowest BCUT2D eigenvalue weighted by Gasteiger charge is -2.06. The molecule has 0 unspecified atom stereocenters. The van der Waals surface area contributed by atoms with Crippen LogP contribution in [0, 0.1) is 6.92 Å². The molecule has 0 atom stereocenters. The van der Waals surface area contributed by atoms with Gasteiger partial charge in [0.15, 0.2) is 6.79 Å². The number of ether oxygens (including phenoxy) is 2. The Morgan fingerprint density at radius 3 is 2.83 bits per heavy atom. The number of aromatic nitrogens is 1. The zero-order valence-electron chi connectivity index (χ0n) is 7.00. The summed E-state index contributed by atoms with van der Waals surface area (Å²) >= 11 is 3.27. The van der Waals surface area contributed by atoms with Gasteiger partial charge in [-0.15, -0.1) is 0 Å². The summed E-state index contributed by atoms with van der Waals surface area (Å²) in [4.78, 5) is 4.16. The number of rotatable bonds is 3. The summed E-state index contributed by atoms with van der Waals surface area (Å²) in [5.74, 6) is 0.750. The number of hydrogen-bond acceptors (Lipinski definition) is 3. The average molecular weight is 232 g/mol. The third kappa shape index (κ3) is 2.46. The third-order valence-corrected chi connectivity index (χ3v) is 1.78. The van der Waals surface area contributed by atoms with Crippen molar-refractivity contribution in [1.29, 1.82) is 0 Å². The molecule has 1 heterocycles. The van der Waals surface area contributed by atoms with Crippen molar-refractivity contribution in [2.75, 3.05) is 13.9 Å². The minimum absolute atomic E-state index is 0.254. The van der Waals surface area contributed by atoms with E-state index in [4.69, 9.17) is 9.47 Å². The van der Waals surface area contributed by atoms with Gasteiger partial charge in [-0.1, -0.05) is 0 Å². The molecule has 1 aromatic heterocycles. The number of methoxy groups -OCH3 is 1. The second kappa shape index (κ2) is 4.42. The molecule has 1 rings (SSSR count). The minimum Gasteiger partial charge on any atom is -0.466 e. The van der Waals surface area contributed by atoms with E-state index in [1.165, 1.54) is 0 Å². The Morgan fingerprint density at radius 1 is 1.50 bits per heavy atom. The number of hydrogen-bond donors (Lipinski definition) is 0. The van der Waals surface area contributed by atoms with Crippen LogP contribution in [0.1, 0.15) is 5.69 Å². The van der Waals surface area contributed by atoms with Gasteiger partial charge in [0.05, 0.1) is 5.69 Å². The molecule has 12 heavy (non-hydrogen) atoms. The van der Waals surface area contributed by atoms with Crippen molar-refractivity contribution < 1.29 is 9.47 Å². The van der Waals surface area contributed by atoms with E-state index in [9.17, 15) is 0 Å². The molecule has 0 spiro atoms. The molecule has 0 aromatic carbocycles. The molecule has 66 valence electrons. The van der Waals surface area contributed by atoms with E-state index in [-0.39, 0.29) is 6.79 Å². The highest BCUT2D eigenvalue weighted by Gasteiger charge is 1.99. The second-order valence-electron chi connectivity index (χ2n) is 2.27. The van der Waals surface area contributed by atoms with Crippen molar-refractivity contribution in [3.05, 3.63) is 22.4 Å². The summed E-state index contributed by atoms with van der Waals surface area (Å²) in [7, 11) is 1.58. The van der Waals surface area contributed by atoms with E-state index >= 15 is 0 Å². The van der Waals surface area contributed by atoms with Gasteiger partial charge in [0.1, 0.15) is 10.4 Å². The molecule has 0 aliphatic rings. The van der Waals surface area contributed by atoms with Gasteiger partial charge in [-0.05, 0) is 35.0 Å². The Labute approximate surface area is 79.8 Å². The van der Waals surface area contributed by atoms with E-state index in [0.717, 1.165) is 16.0 Å². The number of halogens is 1. The van der Waals surface area contributed by atoms with Gasteiger partial charge in [-0.2, -0.15) is 0 Å². The van der Waals surface area contributed by atoms with Crippen LogP contribution >= 0.6 is 15.9 Å². The molecule has 0 N–H and O–H groups in total. The summed E-state index contributed by atoms with van der Waals surface area (Å²) in [6.07, 6.45) is 0. The first-order valence-electron chi connectivity index (χ1n) is 3.49. The molecule has 1 aromatic rings. The predicted octanol–water partition coefficient (Wildman–Crippen LogP) is 2.14. The van der Waals surface area contributed by atoms with Crippen molar-refractivity contribution in [1.82, 2.24) is 4.98 Å². The Morgan fingerprint density at radius 2 is 2.25 bits per heavy atom. The predicted molar refractivity (Wildman–Crippen MR) is 49.2 cm³/mol. The molecule has 0 amide bonds. The topological polar surface area (TPSA) is 31.4 Å². The molecule has 0 radical (unpaired) electrons. The molecule has 0 aliphatic carbocycles. The lowest BCUT2D eigenvalue weighted by Crippen LogP contribution is -2.01. The standard InChI is InChI=1S/C8H10BrNO2/c1-6-7(12-5-11-2)3-4-8(9)10-6/h3-4H,5H2,1-2H3. The minimum atomic E-state index is 0.254. The molecule has 4 heteroatoms. The Kier molecular flexibility index (Phi) is 3.49. The number of pyridine rings is 1. The lowest BCUT2D eigenvalue weighted by molar-refractivity contribution is 0.0503. The summed E-state index contributed by atoms with van der Waals surface area (Å²) in [5.41, 5.74) is 0.849. The molecule has 0 fully saturated rings. The monoisotopic (exact) mass is 231 g/mol. The first kappa shape index (κ1) is 9.48. The van der Waals surface area contributed by atoms with Gasteiger partial charge in [0.2, 0.25) is 0 Å². The largest absolute Gasteiger partial charge is 0.466 e. The Balaban J connectivity index is 2.72. The van der Waals surface area contributed by atoms with E-state index in [2.05, 4.69) is 20.9 Å². The molecule has 0 aliphatic heterocycles. The highest BCUT2D eigenvalue weighted by molar-refractivity contribution is 9.10. The molecule has 0 saturated heterocycles. The van der Waals surface area contributed by atoms with Crippen LogP contribution in [0.15, 0.2) is 16.7 Å². The second-order valence-corrected chi connectivity index (χ2v) is 3.08.